The molecule has 3 aromatic rings. The second-order valence-electron chi connectivity index (χ2n) is 6.22. The molecule has 2 N–H and O–H groups in total. The summed E-state index contributed by atoms with van der Waals surface area (Å²) in [6.45, 7) is 2.83. The van der Waals surface area contributed by atoms with Crippen LogP contribution in [0.4, 0.5) is 0 Å². The summed E-state index contributed by atoms with van der Waals surface area (Å²) >= 11 is 1.71. The minimum Gasteiger partial charge on any atom is -0.326 e. The molecule has 5 heteroatoms. The molecule has 1 saturated heterocycles. The van der Waals surface area contributed by atoms with Crippen LogP contribution in [-0.4, -0.2) is 34.0 Å². The molecule has 1 aromatic carbocycles. The van der Waals surface area contributed by atoms with Gasteiger partial charge in [-0.3, -0.25) is 9.88 Å². The molecule has 3 heterocycles. The van der Waals surface area contributed by atoms with Crippen LogP contribution < -0.4 is 5.73 Å². The van der Waals surface area contributed by atoms with E-state index in [2.05, 4.69) is 45.2 Å². The highest BCUT2D eigenvalue weighted by Gasteiger charge is 2.31. The van der Waals surface area contributed by atoms with Crippen LogP contribution in [-0.2, 0) is 6.54 Å². The standard InChI is InChI=1S/C19H20N4S/c20-17-13-23(12-16(17)14-6-2-1-3-7-14)11-15-10-22-19(24-15)18-8-4-5-9-21-18/h1-10,16-17H,11-13,20H2/t16-,17+/m0/s1. The first kappa shape index (κ1) is 15.4. The number of benzene rings is 1. The zero-order valence-corrected chi connectivity index (χ0v) is 14.2. The number of aromatic nitrogens is 2. The minimum absolute atomic E-state index is 0.190. The Morgan fingerprint density at radius 2 is 1.88 bits per heavy atom. The molecule has 0 unspecified atom stereocenters. The molecule has 0 aliphatic carbocycles. The number of rotatable bonds is 4. The zero-order valence-electron chi connectivity index (χ0n) is 13.4. The van der Waals surface area contributed by atoms with Crippen molar-refractivity contribution in [3.63, 3.8) is 0 Å². The maximum absolute atomic E-state index is 6.39. The Balaban J connectivity index is 1.44. The van der Waals surface area contributed by atoms with Crippen molar-refractivity contribution in [2.75, 3.05) is 13.1 Å². The molecule has 2 aromatic heterocycles. The fraction of sp³-hybridized carbons (Fsp3) is 0.263. The van der Waals surface area contributed by atoms with Gasteiger partial charge in [0.25, 0.3) is 0 Å². The molecule has 2 atom stereocenters. The third-order valence-electron chi connectivity index (χ3n) is 4.49. The van der Waals surface area contributed by atoms with Gasteiger partial charge in [-0.1, -0.05) is 36.4 Å². The molecule has 122 valence electrons. The van der Waals surface area contributed by atoms with Gasteiger partial charge in [0.2, 0.25) is 0 Å². The van der Waals surface area contributed by atoms with Crippen molar-refractivity contribution < 1.29 is 0 Å². The van der Waals surface area contributed by atoms with Crippen molar-refractivity contribution >= 4 is 11.3 Å². The second kappa shape index (κ2) is 6.81. The fourth-order valence-corrected chi connectivity index (χ4v) is 4.24. The van der Waals surface area contributed by atoms with Crippen molar-refractivity contribution in [2.24, 2.45) is 5.73 Å². The van der Waals surface area contributed by atoms with E-state index in [0.717, 1.165) is 30.3 Å². The Hall–Kier alpha value is -2.08. The maximum Gasteiger partial charge on any atom is 0.142 e. The number of pyridine rings is 1. The van der Waals surface area contributed by atoms with E-state index in [4.69, 9.17) is 5.73 Å². The summed E-state index contributed by atoms with van der Waals surface area (Å²) in [7, 11) is 0. The third-order valence-corrected chi connectivity index (χ3v) is 5.49. The van der Waals surface area contributed by atoms with E-state index < -0.39 is 0 Å². The molecule has 0 bridgehead atoms. The van der Waals surface area contributed by atoms with E-state index >= 15 is 0 Å². The summed E-state index contributed by atoms with van der Waals surface area (Å²) in [6, 6.07) is 16.7. The second-order valence-corrected chi connectivity index (χ2v) is 7.34. The SMILES string of the molecule is N[C@@H]1CN(Cc2cnc(-c3ccccn3)s2)C[C@H]1c1ccccc1. The van der Waals surface area contributed by atoms with Crippen LogP contribution in [0.1, 0.15) is 16.4 Å². The summed E-state index contributed by atoms with van der Waals surface area (Å²) in [5.74, 6) is 0.411. The van der Waals surface area contributed by atoms with Gasteiger partial charge in [0.15, 0.2) is 0 Å². The lowest BCUT2D eigenvalue weighted by atomic mass is 9.95. The van der Waals surface area contributed by atoms with E-state index in [1.54, 1.807) is 17.5 Å². The first-order valence-corrected chi connectivity index (χ1v) is 9.00. The van der Waals surface area contributed by atoms with Crippen LogP contribution >= 0.6 is 11.3 Å². The molecule has 0 saturated carbocycles. The molecule has 4 nitrogen and oxygen atoms in total. The van der Waals surface area contributed by atoms with Crippen LogP contribution in [0.25, 0.3) is 10.7 Å². The summed E-state index contributed by atoms with van der Waals surface area (Å²) in [6.07, 6.45) is 3.77. The van der Waals surface area contributed by atoms with E-state index in [1.807, 2.05) is 24.4 Å². The summed E-state index contributed by atoms with van der Waals surface area (Å²) in [4.78, 5) is 12.6. The highest BCUT2D eigenvalue weighted by Crippen LogP contribution is 2.29. The van der Waals surface area contributed by atoms with Gasteiger partial charge in [-0.15, -0.1) is 11.3 Å². The van der Waals surface area contributed by atoms with Crippen molar-refractivity contribution in [2.45, 2.75) is 18.5 Å². The monoisotopic (exact) mass is 336 g/mol. The average molecular weight is 336 g/mol. The molecule has 0 amide bonds. The Morgan fingerprint density at radius 3 is 2.67 bits per heavy atom. The van der Waals surface area contributed by atoms with Gasteiger partial charge in [0.05, 0.1) is 5.69 Å². The molecule has 1 aliphatic heterocycles. The molecule has 24 heavy (non-hydrogen) atoms. The third kappa shape index (κ3) is 3.24. The maximum atomic E-state index is 6.39. The number of likely N-dealkylation sites (tertiary alicyclic amines) is 1. The van der Waals surface area contributed by atoms with Crippen LogP contribution in [0.2, 0.25) is 0 Å². The smallest absolute Gasteiger partial charge is 0.142 e. The number of hydrogen-bond acceptors (Lipinski definition) is 5. The molecule has 1 fully saturated rings. The van der Waals surface area contributed by atoms with Gasteiger partial charge < -0.3 is 5.73 Å². The zero-order chi connectivity index (χ0) is 16.4. The number of nitrogens with two attached hydrogens (primary N) is 1. The fourth-order valence-electron chi connectivity index (χ4n) is 3.30. The van der Waals surface area contributed by atoms with Crippen molar-refractivity contribution in [3.05, 3.63) is 71.4 Å². The molecule has 1 aliphatic rings. The lowest BCUT2D eigenvalue weighted by Gasteiger charge is -2.15. The van der Waals surface area contributed by atoms with Gasteiger partial charge in [-0.2, -0.15) is 0 Å². The summed E-state index contributed by atoms with van der Waals surface area (Å²) in [5.41, 5.74) is 8.67. The Kier molecular flexibility index (Phi) is 4.38. The van der Waals surface area contributed by atoms with E-state index in [1.165, 1.54) is 10.4 Å². The van der Waals surface area contributed by atoms with E-state index in [-0.39, 0.29) is 6.04 Å². The van der Waals surface area contributed by atoms with Gasteiger partial charge >= 0.3 is 0 Å². The molecule has 0 spiro atoms. The van der Waals surface area contributed by atoms with Crippen LogP contribution in [0, 0.1) is 0 Å². The Morgan fingerprint density at radius 1 is 1.04 bits per heavy atom. The highest BCUT2D eigenvalue weighted by molar-refractivity contribution is 7.14. The predicted molar refractivity (Wildman–Crippen MR) is 97.8 cm³/mol. The van der Waals surface area contributed by atoms with E-state index in [0.29, 0.717) is 5.92 Å². The Labute approximate surface area is 146 Å². The minimum atomic E-state index is 0.190. The van der Waals surface area contributed by atoms with Gasteiger partial charge in [0.1, 0.15) is 5.01 Å². The van der Waals surface area contributed by atoms with Gasteiger partial charge in [-0.05, 0) is 17.7 Å². The predicted octanol–water partition coefficient (Wildman–Crippen LogP) is 3.13. The Bertz CT molecular complexity index is 787. The molecule has 4 rings (SSSR count). The topological polar surface area (TPSA) is 55.0 Å². The van der Waals surface area contributed by atoms with Crippen LogP contribution in [0.15, 0.2) is 60.9 Å². The van der Waals surface area contributed by atoms with Crippen molar-refractivity contribution in [3.8, 4) is 10.7 Å². The summed E-state index contributed by atoms with van der Waals surface area (Å²) < 4.78 is 0. The number of nitrogens with zero attached hydrogens (tertiary/aromatic N) is 3. The number of thiazole rings is 1. The quantitative estimate of drug-likeness (QED) is 0.795. The first-order valence-electron chi connectivity index (χ1n) is 8.18. The highest BCUT2D eigenvalue weighted by atomic mass is 32.1. The largest absolute Gasteiger partial charge is 0.326 e. The number of hydrogen-bond donors (Lipinski definition) is 1. The molecular weight excluding hydrogens is 316 g/mol. The van der Waals surface area contributed by atoms with Gasteiger partial charge in [-0.25, -0.2) is 4.98 Å². The van der Waals surface area contributed by atoms with Crippen LogP contribution in [0.3, 0.4) is 0 Å². The normalized spacial score (nSPS) is 21.2. The first-order chi connectivity index (χ1) is 11.8. The lowest BCUT2D eigenvalue weighted by Crippen LogP contribution is -2.28. The van der Waals surface area contributed by atoms with Gasteiger partial charge in [0, 0.05) is 48.9 Å². The van der Waals surface area contributed by atoms with E-state index in [9.17, 15) is 0 Å². The molecular formula is C19H20N4S. The summed E-state index contributed by atoms with van der Waals surface area (Å²) in [5, 5.41) is 0.980. The van der Waals surface area contributed by atoms with Crippen molar-refractivity contribution in [1.29, 1.82) is 0 Å². The molecule has 0 radical (unpaired) electrons. The van der Waals surface area contributed by atoms with Crippen molar-refractivity contribution in [1.82, 2.24) is 14.9 Å². The lowest BCUT2D eigenvalue weighted by molar-refractivity contribution is 0.326. The van der Waals surface area contributed by atoms with Crippen LogP contribution in [0.5, 0.6) is 0 Å². The average Bonchev–Trinajstić information content (AvgIpc) is 3.23.